The van der Waals surface area contributed by atoms with Crippen molar-refractivity contribution in [3.05, 3.63) is 59.7 Å². The molecule has 0 saturated heterocycles. The van der Waals surface area contributed by atoms with E-state index < -0.39 is 0 Å². The lowest BCUT2D eigenvalue weighted by Gasteiger charge is -2.21. The highest BCUT2D eigenvalue weighted by molar-refractivity contribution is 5.94. The van der Waals surface area contributed by atoms with Crippen molar-refractivity contribution >= 4 is 5.91 Å². The zero-order chi connectivity index (χ0) is 16.9. The van der Waals surface area contributed by atoms with Crippen LogP contribution in [0.2, 0.25) is 0 Å². The fraction of sp³-hybridized carbons (Fsp3) is 0.368. The molecule has 3 rings (SSSR count). The standard InChI is InChI=1S/C19H23N3O2/c1-22-12-11-20-18(22)17(15-9-6-10-16(13-15)24-2)21-19(23)14-7-4-3-5-8-14/h6-7,9-13,17H,3-5,8H2,1-2H3,(H,21,23). The summed E-state index contributed by atoms with van der Waals surface area (Å²) in [5, 5.41) is 3.15. The van der Waals surface area contributed by atoms with Crippen molar-refractivity contribution in [2.24, 2.45) is 7.05 Å². The molecule has 0 bridgehead atoms. The van der Waals surface area contributed by atoms with Crippen LogP contribution in [-0.2, 0) is 11.8 Å². The summed E-state index contributed by atoms with van der Waals surface area (Å²) in [5.74, 6) is 1.55. The molecular formula is C19H23N3O2. The topological polar surface area (TPSA) is 56.1 Å². The second kappa shape index (κ2) is 7.34. The van der Waals surface area contributed by atoms with Crippen molar-refractivity contribution in [2.45, 2.75) is 31.7 Å². The van der Waals surface area contributed by atoms with Crippen molar-refractivity contribution in [2.75, 3.05) is 7.11 Å². The van der Waals surface area contributed by atoms with E-state index in [-0.39, 0.29) is 11.9 Å². The first-order valence-electron chi connectivity index (χ1n) is 8.30. The highest BCUT2D eigenvalue weighted by atomic mass is 16.5. The number of rotatable bonds is 5. The number of imidazole rings is 1. The first-order chi connectivity index (χ1) is 11.7. The van der Waals surface area contributed by atoms with Crippen molar-refractivity contribution in [1.82, 2.24) is 14.9 Å². The maximum Gasteiger partial charge on any atom is 0.247 e. The molecule has 2 aromatic rings. The van der Waals surface area contributed by atoms with Gasteiger partial charge in [0.05, 0.1) is 7.11 Å². The number of nitrogens with zero attached hydrogens (tertiary/aromatic N) is 2. The lowest BCUT2D eigenvalue weighted by molar-refractivity contribution is -0.118. The summed E-state index contributed by atoms with van der Waals surface area (Å²) in [6.45, 7) is 0. The van der Waals surface area contributed by atoms with Gasteiger partial charge in [-0.3, -0.25) is 4.79 Å². The Labute approximate surface area is 142 Å². The number of aryl methyl sites for hydroxylation is 1. The number of benzene rings is 1. The number of nitrogens with one attached hydrogen (secondary N) is 1. The minimum absolute atomic E-state index is 0.00878. The van der Waals surface area contributed by atoms with Crippen molar-refractivity contribution < 1.29 is 9.53 Å². The Morgan fingerprint density at radius 3 is 2.92 bits per heavy atom. The molecule has 0 aliphatic heterocycles. The third kappa shape index (κ3) is 3.50. The number of ether oxygens (including phenoxy) is 1. The van der Waals surface area contributed by atoms with Crippen molar-refractivity contribution in [3.8, 4) is 5.75 Å². The van der Waals surface area contributed by atoms with Gasteiger partial charge in [-0.1, -0.05) is 18.2 Å². The van der Waals surface area contributed by atoms with Crippen molar-refractivity contribution in [1.29, 1.82) is 0 Å². The van der Waals surface area contributed by atoms with Gasteiger partial charge in [0.1, 0.15) is 17.6 Å². The third-order valence-corrected chi connectivity index (χ3v) is 4.40. The normalized spacial score (nSPS) is 15.5. The van der Waals surface area contributed by atoms with Crippen LogP contribution in [0.15, 0.2) is 48.3 Å². The van der Waals surface area contributed by atoms with Crippen LogP contribution in [0.1, 0.15) is 43.1 Å². The van der Waals surface area contributed by atoms with E-state index >= 15 is 0 Å². The van der Waals surface area contributed by atoms with Gasteiger partial charge < -0.3 is 14.6 Å². The maximum absolute atomic E-state index is 12.7. The molecule has 1 heterocycles. The number of carbonyl (C=O) groups excluding carboxylic acids is 1. The van der Waals surface area contributed by atoms with Gasteiger partial charge in [-0.25, -0.2) is 4.98 Å². The number of allylic oxidation sites excluding steroid dienone is 1. The van der Waals surface area contributed by atoms with Crippen LogP contribution < -0.4 is 10.1 Å². The highest BCUT2D eigenvalue weighted by Gasteiger charge is 2.23. The fourth-order valence-corrected chi connectivity index (χ4v) is 3.04. The van der Waals surface area contributed by atoms with Crippen LogP contribution in [0.3, 0.4) is 0 Å². The number of aromatic nitrogens is 2. The van der Waals surface area contributed by atoms with Crippen LogP contribution in [0.5, 0.6) is 5.75 Å². The van der Waals surface area contributed by atoms with Gasteiger partial charge in [-0.05, 0) is 43.4 Å². The molecule has 5 nitrogen and oxygen atoms in total. The summed E-state index contributed by atoms with van der Waals surface area (Å²) in [7, 11) is 3.57. The van der Waals surface area contributed by atoms with Gasteiger partial charge in [0.25, 0.3) is 0 Å². The SMILES string of the molecule is COc1cccc(C(NC(=O)C2=CCCCC2)c2nccn2C)c1. The van der Waals surface area contributed by atoms with E-state index in [2.05, 4.69) is 16.4 Å². The number of hydrogen-bond donors (Lipinski definition) is 1. The Bertz CT molecular complexity index is 749. The molecule has 0 radical (unpaired) electrons. The molecule has 1 aromatic carbocycles. The Kier molecular flexibility index (Phi) is 4.99. The molecule has 1 amide bonds. The van der Waals surface area contributed by atoms with E-state index in [1.807, 2.05) is 42.1 Å². The fourth-order valence-electron chi connectivity index (χ4n) is 3.04. The van der Waals surface area contributed by atoms with Crippen LogP contribution >= 0.6 is 0 Å². The molecule has 1 N–H and O–H groups in total. The zero-order valence-corrected chi connectivity index (χ0v) is 14.2. The van der Waals surface area contributed by atoms with E-state index in [0.29, 0.717) is 0 Å². The predicted molar refractivity (Wildman–Crippen MR) is 92.7 cm³/mol. The Morgan fingerprint density at radius 2 is 2.25 bits per heavy atom. The Balaban J connectivity index is 1.92. The first kappa shape index (κ1) is 16.3. The minimum Gasteiger partial charge on any atom is -0.497 e. The van der Waals surface area contributed by atoms with Gasteiger partial charge in [0.15, 0.2) is 0 Å². The Hall–Kier alpha value is -2.56. The molecule has 1 aromatic heterocycles. The number of carbonyl (C=O) groups is 1. The summed E-state index contributed by atoms with van der Waals surface area (Å²) < 4.78 is 7.25. The zero-order valence-electron chi connectivity index (χ0n) is 14.2. The van der Waals surface area contributed by atoms with E-state index in [1.54, 1.807) is 13.3 Å². The molecule has 1 aliphatic rings. The molecule has 5 heteroatoms. The summed E-state index contributed by atoms with van der Waals surface area (Å²) in [6, 6.07) is 7.43. The quantitative estimate of drug-likeness (QED) is 0.919. The molecule has 126 valence electrons. The minimum atomic E-state index is -0.310. The molecule has 1 unspecified atom stereocenters. The van der Waals surface area contributed by atoms with Gasteiger partial charge in [0, 0.05) is 25.0 Å². The van der Waals surface area contributed by atoms with Crippen molar-refractivity contribution in [3.63, 3.8) is 0 Å². The van der Waals surface area contributed by atoms with E-state index in [4.69, 9.17) is 4.74 Å². The van der Waals surface area contributed by atoms with Gasteiger partial charge in [-0.2, -0.15) is 0 Å². The van der Waals surface area contributed by atoms with E-state index in [1.165, 1.54) is 0 Å². The summed E-state index contributed by atoms with van der Waals surface area (Å²) >= 11 is 0. The molecule has 0 spiro atoms. The molecule has 1 atom stereocenters. The highest BCUT2D eigenvalue weighted by Crippen LogP contribution is 2.25. The molecular weight excluding hydrogens is 302 g/mol. The van der Waals surface area contributed by atoms with Gasteiger partial charge >= 0.3 is 0 Å². The molecule has 0 saturated carbocycles. The molecule has 24 heavy (non-hydrogen) atoms. The average Bonchev–Trinajstić information content (AvgIpc) is 3.06. The number of amides is 1. The third-order valence-electron chi connectivity index (χ3n) is 4.40. The van der Waals surface area contributed by atoms with Crippen LogP contribution in [0.4, 0.5) is 0 Å². The summed E-state index contributed by atoms with van der Waals surface area (Å²) in [4.78, 5) is 17.1. The van der Waals surface area contributed by atoms with E-state index in [0.717, 1.165) is 48.4 Å². The van der Waals surface area contributed by atoms with Crippen LogP contribution in [0.25, 0.3) is 0 Å². The summed E-state index contributed by atoms with van der Waals surface area (Å²) in [5.41, 5.74) is 1.83. The summed E-state index contributed by atoms with van der Waals surface area (Å²) in [6.07, 6.45) is 9.75. The lowest BCUT2D eigenvalue weighted by atomic mass is 9.98. The monoisotopic (exact) mass is 325 g/mol. The Morgan fingerprint density at radius 1 is 1.38 bits per heavy atom. The average molecular weight is 325 g/mol. The van der Waals surface area contributed by atoms with Crippen LogP contribution in [-0.4, -0.2) is 22.6 Å². The number of methoxy groups -OCH3 is 1. The second-order valence-electron chi connectivity index (χ2n) is 6.05. The van der Waals surface area contributed by atoms with E-state index in [9.17, 15) is 4.79 Å². The lowest BCUT2D eigenvalue weighted by Crippen LogP contribution is -2.32. The van der Waals surface area contributed by atoms with Gasteiger partial charge in [-0.15, -0.1) is 0 Å². The maximum atomic E-state index is 12.7. The number of hydrogen-bond acceptors (Lipinski definition) is 3. The predicted octanol–water partition coefficient (Wildman–Crippen LogP) is 3.13. The first-order valence-corrected chi connectivity index (χ1v) is 8.30. The largest absolute Gasteiger partial charge is 0.497 e. The smallest absolute Gasteiger partial charge is 0.247 e. The van der Waals surface area contributed by atoms with Crippen LogP contribution in [0, 0.1) is 0 Å². The second-order valence-corrected chi connectivity index (χ2v) is 6.05. The molecule has 0 fully saturated rings. The van der Waals surface area contributed by atoms with Gasteiger partial charge in [0.2, 0.25) is 5.91 Å². The molecule has 1 aliphatic carbocycles.